The summed E-state index contributed by atoms with van der Waals surface area (Å²) >= 11 is 18.1. The number of ether oxygens (including phenoxy) is 1. The van der Waals surface area contributed by atoms with Crippen LogP contribution in [0.2, 0.25) is 15.1 Å². The molecule has 0 atom stereocenters. The average Bonchev–Trinajstić information content (AvgIpc) is 3.18. The van der Waals surface area contributed by atoms with Crippen molar-refractivity contribution < 1.29 is 17.5 Å². The zero-order valence-corrected chi connectivity index (χ0v) is 19.1. The molecule has 0 aliphatic carbocycles. The number of hydrogen-bond acceptors (Lipinski definition) is 4. The molecule has 0 spiro atoms. The van der Waals surface area contributed by atoms with Crippen molar-refractivity contribution in [1.29, 1.82) is 0 Å². The lowest BCUT2D eigenvalue weighted by Crippen LogP contribution is -2.13. The third kappa shape index (κ3) is 4.99. The fraction of sp³-hybridized carbons (Fsp3) is 0. The van der Waals surface area contributed by atoms with Gasteiger partial charge >= 0.3 is 0 Å². The highest BCUT2D eigenvalue weighted by Crippen LogP contribution is 2.33. The van der Waals surface area contributed by atoms with Gasteiger partial charge in [0.1, 0.15) is 16.5 Å². The molecule has 4 aromatic rings. The number of sulfonamides is 1. The first-order valence-corrected chi connectivity index (χ1v) is 11.6. The lowest BCUT2D eigenvalue weighted by molar-refractivity contribution is 0.483. The molecule has 32 heavy (non-hydrogen) atoms. The largest absolute Gasteiger partial charge is 0.452 e. The number of hydrogen-bond donors (Lipinski definition) is 1. The fourth-order valence-corrected chi connectivity index (χ4v) is 4.81. The van der Waals surface area contributed by atoms with E-state index < -0.39 is 10.0 Å². The van der Waals surface area contributed by atoms with Gasteiger partial charge in [-0.3, -0.25) is 4.72 Å². The van der Waals surface area contributed by atoms with Crippen LogP contribution in [0.15, 0.2) is 78.0 Å². The maximum Gasteiger partial charge on any atom is 0.263 e. The number of nitrogens with one attached hydrogen (secondary N) is 1. The van der Waals surface area contributed by atoms with E-state index in [0.29, 0.717) is 16.5 Å². The molecule has 164 valence electrons. The molecule has 0 bridgehead atoms. The van der Waals surface area contributed by atoms with Crippen molar-refractivity contribution >= 4 is 50.5 Å². The van der Waals surface area contributed by atoms with Gasteiger partial charge in [0.25, 0.3) is 10.0 Å². The van der Waals surface area contributed by atoms with Crippen LogP contribution >= 0.6 is 34.8 Å². The number of anilines is 1. The van der Waals surface area contributed by atoms with Gasteiger partial charge in [-0.25, -0.2) is 17.5 Å². The molecule has 0 unspecified atom stereocenters. The molecule has 0 fully saturated rings. The SMILES string of the molecule is O=S(=O)(Nc1ccc(Oc2cnn(-c3ccc(F)cc3)c2)c(Cl)c1)c1ccc(Cl)cc1Cl. The van der Waals surface area contributed by atoms with Crippen LogP contribution in [0, 0.1) is 5.82 Å². The van der Waals surface area contributed by atoms with Crippen molar-refractivity contribution in [2.45, 2.75) is 4.90 Å². The van der Waals surface area contributed by atoms with Gasteiger partial charge in [0, 0.05) is 5.02 Å². The molecule has 0 saturated carbocycles. The van der Waals surface area contributed by atoms with Crippen LogP contribution in [0.3, 0.4) is 0 Å². The minimum atomic E-state index is -3.96. The van der Waals surface area contributed by atoms with Gasteiger partial charge in [-0.2, -0.15) is 5.10 Å². The number of benzene rings is 3. The zero-order valence-electron chi connectivity index (χ0n) is 16.0. The maximum absolute atomic E-state index is 13.1. The van der Waals surface area contributed by atoms with Crippen molar-refractivity contribution in [3.05, 3.63) is 93.9 Å². The number of aromatic nitrogens is 2. The van der Waals surface area contributed by atoms with Crippen LogP contribution in [-0.4, -0.2) is 18.2 Å². The molecule has 3 aromatic carbocycles. The Morgan fingerprint density at radius 2 is 1.69 bits per heavy atom. The summed E-state index contributed by atoms with van der Waals surface area (Å²) in [5.41, 5.74) is 0.869. The van der Waals surface area contributed by atoms with Crippen LogP contribution < -0.4 is 9.46 Å². The van der Waals surface area contributed by atoms with E-state index in [-0.39, 0.29) is 32.2 Å². The topological polar surface area (TPSA) is 73.2 Å². The van der Waals surface area contributed by atoms with Gasteiger partial charge in [0.05, 0.1) is 33.8 Å². The van der Waals surface area contributed by atoms with Crippen LogP contribution in [0.1, 0.15) is 0 Å². The van der Waals surface area contributed by atoms with Gasteiger partial charge in [-0.05, 0) is 60.7 Å². The summed E-state index contributed by atoms with van der Waals surface area (Å²) < 4.78 is 48.0. The van der Waals surface area contributed by atoms with E-state index in [1.54, 1.807) is 18.3 Å². The first-order valence-electron chi connectivity index (χ1n) is 8.97. The number of halogens is 4. The summed E-state index contributed by atoms with van der Waals surface area (Å²) in [4.78, 5) is -0.117. The standard InChI is InChI=1S/C21H13Cl3FN3O3S/c22-13-1-8-21(19(24)9-13)32(29,30)27-15-4-7-20(18(23)10-15)31-17-11-26-28(12-17)16-5-2-14(25)3-6-16/h1-12,27H. The highest BCUT2D eigenvalue weighted by Gasteiger charge is 2.19. The van der Waals surface area contributed by atoms with Gasteiger partial charge in [-0.1, -0.05) is 34.8 Å². The predicted molar refractivity (Wildman–Crippen MR) is 122 cm³/mol. The molecule has 4 rings (SSSR count). The first kappa shape index (κ1) is 22.4. The van der Waals surface area contributed by atoms with E-state index in [0.717, 1.165) is 0 Å². The van der Waals surface area contributed by atoms with Gasteiger partial charge in [0.15, 0.2) is 5.75 Å². The normalized spacial score (nSPS) is 11.4. The third-order valence-corrected chi connectivity index (χ3v) is 6.64. The molecular weight excluding hydrogens is 500 g/mol. The lowest BCUT2D eigenvalue weighted by atomic mass is 10.3. The Morgan fingerprint density at radius 1 is 0.938 bits per heavy atom. The highest BCUT2D eigenvalue weighted by molar-refractivity contribution is 7.92. The minimum absolute atomic E-state index is 0.00535. The van der Waals surface area contributed by atoms with E-state index in [1.807, 2.05) is 0 Å². The van der Waals surface area contributed by atoms with E-state index in [2.05, 4.69) is 9.82 Å². The summed E-state index contributed by atoms with van der Waals surface area (Å²) in [6, 6.07) is 14.3. The Kier molecular flexibility index (Phi) is 6.30. The first-order chi connectivity index (χ1) is 15.2. The molecule has 1 N–H and O–H groups in total. The maximum atomic E-state index is 13.1. The van der Waals surface area contributed by atoms with Gasteiger partial charge in [0.2, 0.25) is 0 Å². The molecule has 0 amide bonds. The zero-order chi connectivity index (χ0) is 22.9. The van der Waals surface area contributed by atoms with E-state index in [9.17, 15) is 12.8 Å². The summed E-state index contributed by atoms with van der Waals surface area (Å²) in [6.45, 7) is 0. The molecule has 0 aliphatic rings. The second-order valence-corrected chi connectivity index (χ2v) is 9.43. The van der Waals surface area contributed by atoms with Crippen molar-refractivity contribution in [2.24, 2.45) is 0 Å². The Bertz CT molecular complexity index is 1390. The van der Waals surface area contributed by atoms with Crippen molar-refractivity contribution in [1.82, 2.24) is 9.78 Å². The van der Waals surface area contributed by atoms with Crippen LogP contribution in [0.25, 0.3) is 5.69 Å². The summed E-state index contributed by atoms with van der Waals surface area (Å²) in [7, 11) is -3.96. The fourth-order valence-electron chi connectivity index (χ4n) is 2.77. The second-order valence-electron chi connectivity index (χ2n) is 6.52. The van der Waals surface area contributed by atoms with Gasteiger partial charge in [-0.15, -0.1) is 0 Å². The third-order valence-electron chi connectivity index (χ3n) is 4.25. The van der Waals surface area contributed by atoms with Crippen molar-refractivity contribution in [3.63, 3.8) is 0 Å². The quantitative estimate of drug-likeness (QED) is 0.317. The molecule has 0 saturated heterocycles. The smallest absolute Gasteiger partial charge is 0.263 e. The Morgan fingerprint density at radius 3 is 2.38 bits per heavy atom. The number of rotatable bonds is 6. The molecular formula is C21H13Cl3FN3O3S. The molecule has 1 heterocycles. The van der Waals surface area contributed by atoms with Gasteiger partial charge < -0.3 is 4.74 Å². The molecule has 0 aliphatic heterocycles. The minimum Gasteiger partial charge on any atom is -0.452 e. The van der Waals surface area contributed by atoms with E-state index >= 15 is 0 Å². The van der Waals surface area contributed by atoms with E-state index in [4.69, 9.17) is 39.5 Å². The summed E-state index contributed by atoms with van der Waals surface area (Å²) in [5.74, 6) is 0.327. The second kappa shape index (κ2) is 8.99. The Hall–Kier alpha value is -2.78. The lowest BCUT2D eigenvalue weighted by Gasteiger charge is -2.11. The Labute approximate surface area is 198 Å². The van der Waals surface area contributed by atoms with Crippen molar-refractivity contribution in [2.75, 3.05) is 4.72 Å². The van der Waals surface area contributed by atoms with Crippen LogP contribution in [-0.2, 0) is 10.0 Å². The molecule has 0 radical (unpaired) electrons. The number of nitrogens with zero attached hydrogens (tertiary/aromatic N) is 2. The van der Waals surface area contributed by atoms with Crippen molar-refractivity contribution in [3.8, 4) is 17.2 Å². The highest BCUT2D eigenvalue weighted by atomic mass is 35.5. The predicted octanol–water partition coefficient (Wildman–Crippen LogP) is 6.56. The Balaban J connectivity index is 1.51. The van der Waals surface area contributed by atoms with Crippen LogP contribution in [0.5, 0.6) is 11.5 Å². The molecule has 6 nitrogen and oxygen atoms in total. The molecule has 1 aromatic heterocycles. The summed E-state index contributed by atoms with van der Waals surface area (Å²) in [6.07, 6.45) is 3.07. The van der Waals surface area contributed by atoms with Crippen LogP contribution in [0.4, 0.5) is 10.1 Å². The average molecular weight is 513 g/mol. The molecule has 11 heteroatoms. The monoisotopic (exact) mass is 511 g/mol. The van der Waals surface area contributed by atoms with E-state index in [1.165, 1.54) is 59.4 Å². The summed E-state index contributed by atoms with van der Waals surface area (Å²) in [5, 5.41) is 4.65.